The molecule has 0 unspecified atom stereocenters. The van der Waals surface area contributed by atoms with E-state index in [-0.39, 0.29) is 17.7 Å². The minimum Gasteiger partial charge on any atom is -0.450 e. The Balaban J connectivity index is 1.26. The first kappa shape index (κ1) is 25.5. The lowest BCUT2D eigenvalue weighted by atomic mass is 10.0. The summed E-state index contributed by atoms with van der Waals surface area (Å²) in [5, 5.41) is 3.11. The Labute approximate surface area is 216 Å². The summed E-state index contributed by atoms with van der Waals surface area (Å²) in [6.45, 7) is 3.17. The number of guanidine groups is 1. The molecule has 2 aromatic heterocycles. The van der Waals surface area contributed by atoms with Crippen LogP contribution in [0.5, 0.6) is 11.5 Å². The van der Waals surface area contributed by atoms with Crippen LogP contribution in [0.15, 0.2) is 52.5 Å². The fraction of sp³-hybridized carbons (Fsp3) is 0.360. The van der Waals surface area contributed by atoms with Crippen LogP contribution in [0.25, 0.3) is 11.1 Å². The number of alkyl halides is 3. The highest BCUT2D eigenvalue weighted by Gasteiger charge is 2.32. The van der Waals surface area contributed by atoms with Gasteiger partial charge in [-0.05, 0) is 49.6 Å². The van der Waals surface area contributed by atoms with E-state index in [1.807, 2.05) is 0 Å². The van der Waals surface area contributed by atoms with E-state index < -0.39 is 11.9 Å². The summed E-state index contributed by atoms with van der Waals surface area (Å²) in [6.07, 6.45) is 0.827. The van der Waals surface area contributed by atoms with Crippen molar-refractivity contribution in [3.05, 3.63) is 58.9 Å². The zero-order valence-electron chi connectivity index (χ0n) is 20.4. The molecule has 0 amide bonds. The zero-order valence-corrected chi connectivity index (χ0v) is 20.4. The number of hydrogen-bond donors (Lipinski definition) is 3. The minimum absolute atomic E-state index is 0.00815. The number of nitrogens with zero attached hydrogens (tertiary/aromatic N) is 5. The van der Waals surface area contributed by atoms with Crippen LogP contribution < -0.4 is 27.2 Å². The molecule has 0 aliphatic carbocycles. The maximum absolute atomic E-state index is 12.9. The molecule has 13 heteroatoms. The number of nitrogens with one attached hydrogen (secondary N) is 1. The van der Waals surface area contributed by atoms with Gasteiger partial charge in [-0.3, -0.25) is 14.5 Å². The lowest BCUT2D eigenvalue weighted by Crippen LogP contribution is -2.38. The Bertz CT molecular complexity index is 1390. The van der Waals surface area contributed by atoms with E-state index >= 15 is 0 Å². The maximum atomic E-state index is 12.9. The van der Waals surface area contributed by atoms with Gasteiger partial charge in [-0.25, -0.2) is 4.79 Å². The van der Waals surface area contributed by atoms with Gasteiger partial charge in [0.05, 0.1) is 11.9 Å². The molecule has 200 valence electrons. The second-order valence-electron chi connectivity index (χ2n) is 9.24. The van der Waals surface area contributed by atoms with Gasteiger partial charge in [-0.2, -0.15) is 18.2 Å². The summed E-state index contributed by atoms with van der Waals surface area (Å²) in [5.41, 5.74) is 11.1. The summed E-state index contributed by atoms with van der Waals surface area (Å²) in [5.74, 6) is 1.34. The van der Waals surface area contributed by atoms with Gasteiger partial charge in [0, 0.05) is 37.4 Å². The average molecular weight is 529 g/mol. The van der Waals surface area contributed by atoms with Crippen molar-refractivity contribution >= 4 is 17.5 Å². The van der Waals surface area contributed by atoms with Crippen molar-refractivity contribution in [2.24, 2.45) is 16.5 Å². The van der Waals surface area contributed by atoms with E-state index in [4.69, 9.17) is 16.2 Å². The second kappa shape index (κ2) is 10.3. The van der Waals surface area contributed by atoms with Gasteiger partial charge < -0.3 is 26.4 Å². The number of anilines is 2. The number of ether oxygens (including phenoxy) is 1. The third-order valence-corrected chi connectivity index (χ3v) is 6.64. The highest BCUT2D eigenvalue weighted by Crippen LogP contribution is 2.42. The van der Waals surface area contributed by atoms with Crippen molar-refractivity contribution in [3.63, 3.8) is 0 Å². The summed E-state index contributed by atoms with van der Waals surface area (Å²) >= 11 is 0. The monoisotopic (exact) mass is 528 g/mol. The Morgan fingerprint density at radius 3 is 2.58 bits per heavy atom. The largest absolute Gasteiger partial charge is 0.450 e. The molecule has 0 spiro atoms. The SMILES string of the molecule is NC(N)=NCCCN1CCC(n2cc3c(nc2=O)Nc2cc(-c4ccc(C(F)(F)F)nc4)ccc2O3)CC1. The van der Waals surface area contributed by atoms with Crippen molar-refractivity contribution in [3.8, 4) is 22.6 Å². The molecule has 0 saturated carbocycles. The van der Waals surface area contributed by atoms with Crippen molar-refractivity contribution < 1.29 is 17.9 Å². The Kier molecular flexibility index (Phi) is 6.93. The van der Waals surface area contributed by atoms with E-state index in [1.165, 1.54) is 12.3 Å². The number of fused-ring (bicyclic) bond motifs is 2. The van der Waals surface area contributed by atoms with Crippen LogP contribution in [0.1, 0.15) is 31.0 Å². The molecule has 5 N–H and O–H groups in total. The minimum atomic E-state index is -4.50. The van der Waals surface area contributed by atoms with Crippen molar-refractivity contribution in [1.82, 2.24) is 19.4 Å². The van der Waals surface area contributed by atoms with Crippen LogP contribution in [0.2, 0.25) is 0 Å². The Morgan fingerprint density at radius 1 is 1.13 bits per heavy atom. The molecule has 0 radical (unpaired) electrons. The fourth-order valence-electron chi connectivity index (χ4n) is 4.68. The van der Waals surface area contributed by atoms with Crippen LogP contribution in [-0.2, 0) is 6.18 Å². The van der Waals surface area contributed by atoms with Gasteiger partial charge in [0.15, 0.2) is 23.3 Å². The van der Waals surface area contributed by atoms with E-state index in [0.29, 0.717) is 40.7 Å². The fourth-order valence-corrected chi connectivity index (χ4v) is 4.68. The first-order valence-electron chi connectivity index (χ1n) is 12.2. The molecule has 1 aromatic carbocycles. The van der Waals surface area contributed by atoms with Crippen molar-refractivity contribution in [2.45, 2.75) is 31.5 Å². The number of benzene rings is 1. The number of piperidine rings is 1. The molecule has 3 aromatic rings. The first-order chi connectivity index (χ1) is 18.2. The number of aromatic nitrogens is 3. The van der Waals surface area contributed by atoms with Gasteiger partial charge in [0.25, 0.3) is 0 Å². The number of nitrogens with two attached hydrogens (primary N) is 2. The summed E-state index contributed by atoms with van der Waals surface area (Å²) in [7, 11) is 0. The topological polar surface area (TPSA) is 137 Å². The van der Waals surface area contributed by atoms with Crippen molar-refractivity contribution in [2.75, 3.05) is 31.5 Å². The zero-order chi connectivity index (χ0) is 26.9. The predicted molar refractivity (Wildman–Crippen MR) is 137 cm³/mol. The lowest BCUT2D eigenvalue weighted by Gasteiger charge is -2.33. The van der Waals surface area contributed by atoms with Crippen LogP contribution in [0.3, 0.4) is 0 Å². The molecule has 38 heavy (non-hydrogen) atoms. The van der Waals surface area contributed by atoms with Crippen LogP contribution in [-0.4, -0.2) is 51.6 Å². The summed E-state index contributed by atoms with van der Waals surface area (Å²) in [6, 6.07) is 7.49. The molecule has 0 atom stereocenters. The smallest absolute Gasteiger partial charge is 0.433 e. The van der Waals surface area contributed by atoms with Gasteiger partial charge >= 0.3 is 11.9 Å². The molecule has 0 bridgehead atoms. The van der Waals surface area contributed by atoms with Crippen LogP contribution in [0, 0.1) is 0 Å². The van der Waals surface area contributed by atoms with E-state index in [9.17, 15) is 18.0 Å². The molecule has 2 aliphatic rings. The van der Waals surface area contributed by atoms with Gasteiger partial charge in [-0.15, -0.1) is 0 Å². The third-order valence-electron chi connectivity index (χ3n) is 6.64. The maximum Gasteiger partial charge on any atom is 0.433 e. The molecule has 10 nitrogen and oxygen atoms in total. The second-order valence-corrected chi connectivity index (χ2v) is 9.24. The predicted octanol–water partition coefficient (Wildman–Crippen LogP) is 3.47. The molecule has 5 rings (SSSR count). The van der Waals surface area contributed by atoms with Crippen LogP contribution in [0.4, 0.5) is 24.7 Å². The normalized spacial score (nSPS) is 15.7. The number of rotatable bonds is 6. The van der Waals surface area contributed by atoms with Crippen molar-refractivity contribution in [1.29, 1.82) is 0 Å². The third kappa shape index (κ3) is 5.57. The molecular formula is C25H27F3N8O2. The molecular weight excluding hydrogens is 501 g/mol. The summed E-state index contributed by atoms with van der Waals surface area (Å²) < 4.78 is 46.1. The number of pyridine rings is 1. The van der Waals surface area contributed by atoms with Gasteiger partial charge in [0.1, 0.15) is 5.69 Å². The molecule has 1 fully saturated rings. The molecule has 2 aliphatic heterocycles. The quantitative estimate of drug-likeness (QED) is 0.197. The van der Waals surface area contributed by atoms with Gasteiger partial charge in [0.2, 0.25) is 0 Å². The van der Waals surface area contributed by atoms with Crippen LogP contribution >= 0.6 is 0 Å². The van der Waals surface area contributed by atoms with E-state index in [0.717, 1.165) is 45.0 Å². The Morgan fingerprint density at radius 2 is 1.89 bits per heavy atom. The molecule has 1 saturated heterocycles. The number of hydrogen-bond acceptors (Lipinski definition) is 7. The lowest BCUT2D eigenvalue weighted by molar-refractivity contribution is -0.141. The van der Waals surface area contributed by atoms with Gasteiger partial charge in [-0.1, -0.05) is 12.1 Å². The number of halogens is 3. The van der Waals surface area contributed by atoms with E-state index in [1.54, 1.807) is 29.0 Å². The number of likely N-dealkylation sites (tertiary alicyclic amines) is 1. The number of aliphatic imine (C=N–C) groups is 1. The Hall–Kier alpha value is -4.13. The average Bonchev–Trinajstić information content (AvgIpc) is 2.89. The standard InChI is InChI=1S/C25H27F3N8O2/c26-25(27,28)21-5-3-16(13-32-21)15-2-4-19-18(12-15)33-22-20(38-19)14-36(24(37)34-22)17-6-10-35(11-7-17)9-1-8-31-23(29)30/h2-5,12-14,17H,1,6-11H2,(H4,29,30,31)(H,33,34,37). The highest BCUT2D eigenvalue weighted by molar-refractivity contribution is 5.78. The summed E-state index contributed by atoms with van der Waals surface area (Å²) in [4.78, 5) is 26.9. The molecule has 4 heterocycles. The van der Waals surface area contributed by atoms with E-state index in [2.05, 4.69) is 25.2 Å². The highest BCUT2D eigenvalue weighted by atomic mass is 19.4. The first-order valence-corrected chi connectivity index (χ1v) is 12.2.